The molecule has 0 saturated carbocycles. The van der Waals surface area contributed by atoms with Crippen molar-refractivity contribution in [2.24, 2.45) is 0 Å². The number of nitrogens with one attached hydrogen (secondary N) is 1. The summed E-state index contributed by atoms with van der Waals surface area (Å²) in [4.78, 5) is 10.4. The molecule has 19 heavy (non-hydrogen) atoms. The molecule has 0 aliphatic carbocycles. The van der Waals surface area contributed by atoms with Crippen molar-refractivity contribution < 1.29 is 0 Å². The van der Waals surface area contributed by atoms with Gasteiger partial charge in [0.2, 0.25) is 0 Å². The van der Waals surface area contributed by atoms with Gasteiger partial charge in [-0.15, -0.1) is 0 Å². The van der Waals surface area contributed by atoms with E-state index in [1.165, 1.54) is 0 Å². The highest BCUT2D eigenvalue weighted by Crippen LogP contribution is 2.27. The summed E-state index contributed by atoms with van der Waals surface area (Å²) in [6.45, 7) is 2.53. The number of hydrogen-bond acceptors (Lipinski definition) is 4. The molecule has 0 amide bonds. The van der Waals surface area contributed by atoms with Gasteiger partial charge in [-0.1, -0.05) is 11.6 Å². The Labute approximate surface area is 118 Å². The maximum absolute atomic E-state index is 6.22. The van der Waals surface area contributed by atoms with Crippen molar-refractivity contribution >= 4 is 23.0 Å². The second-order valence-corrected chi connectivity index (χ2v) is 4.92. The van der Waals surface area contributed by atoms with Crippen LogP contribution in [0.5, 0.6) is 0 Å². The van der Waals surface area contributed by atoms with Gasteiger partial charge in [-0.25, -0.2) is 9.97 Å². The smallest absolute Gasteiger partial charge is 0.125 e. The average Bonchev–Trinajstić information content (AvgIpc) is 2.36. The van der Waals surface area contributed by atoms with Crippen molar-refractivity contribution in [2.75, 3.05) is 24.3 Å². The van der Waals surface area contributed by atoms with E-state index < -0.39 is 0 Å². The van der Waals surface area contributed by atoms with Gasteiger partial charge < -0.3 is 10.2 Å². The number of anilines is 2. The number of rotatable bonds is 4. The Morgan fingerprint density at radius 3 is 2.68 bits per heavy atom. The van der Waals surface area contributed by atoms with Crippen molar-refractivity contribution in [3.63, 3.8) is 0 Å². The Kier molecular flexibility index (Phi) is 4.22. The third kappa shape index (κ3) is 3.58. The molecule has 0 atom stereocenters. The van der Waals surface area contributed by atoms with Crippen LogP contribution < -0.4 is 10.2 Å². The molecule has 1 N–H and O–H groups in total. The van der Waals surface area contributed by atoms with Crippen molar-refractivity contribution in [1.82, 2.24) is 9.97 Å². The van der Waals surface area contributed by atoms with Gasteiger partial charge in [0.25, 0.3) is 0 Å². The number of aryl methyl sites for hydroxylation is 1. The van der Waals surface area contributed by atoms with Crippen LogP contribution in [0.3, 0.4) is 0 Å². The molecule has 2 aromatic rings. The number of nitrogens with zero attached hydrogens (tertiary/aromatic N) is 3. The summed E-state index contributed by atoms with van der Waals surface area (Å²) in [6, 6.07) is 7.83. The molecule has 0 saturated heterocycles. The lowest BCUT2D eigenvalue weighted by Crippen LogP contribution is -2.09. The van der Waals surface area contributed by atoms with Crippen LogP contribution in [0.2, 0.25) is 5.02 Å². The molecular weight excluding hydrogens is 260 g/mol. The highest BCUT2D eigenvalue weighted by atomic mass is 35.5. The van der Waals surface area contributed by atoms with Gasteiger partial charge in [0.1, 0.15) is 5.82 Å². The molecule has 0 aliphatic rings. The van der Waals surface area contributed by atoms with E-state index in [1.54, 1.807) is 6.20 Å². The summed E-state index contributed by atoms with van der Waals surface area (Å²) in [5.74, 6) is 0.778. The van der Waals surface area contributed by atoms with Crippen LogP contribution in [0.1, 0.15) is 11.5 Å². The first kappa shape index (κ1) is 13.6. The van der Waals surface area contributed by atoms with Gasteiger partial charge in [-0.05, 0) is 31.2 Å². The molecular formula is C14H17ClN4. The minimum atomic E-state index is 0.654. The number of aromatic nitrogens is 2. The second-order valence-electron chi connectivity index (χ2n) is 4.51. The largest absolute Gasteiger partial charge is 0.379 e. The summed E-state index contributed by atoms with van der Waals surface area (Å²) < 4.78 is 0. The number of halogens is 1. The van der Waals surface area contributed by atoms with Crippen molar-refractivity contribution in [3.05, 3.63) is 47.0 Å². The van der Waals surface area contributed by atoms with E-state index in [4.69, 9.17) is 11.6 Å². The van der Waals surface area contributed by atoms with Gasteiger partial charge in [-0.2, -0.15) is 0 Å². The Hall–Kier alpha value is -1.81. The predicted molar refractivity (Wildman–Crippen MR) is 79.9 cm³/mol. The predicted octanol–water partition coefficient (Wildman–Crippen LogP) is 3.12. The quantitative estimate of drug-likeness (QED) is 0.932. The lowest BCUT2D eigenvalue weighted by molar-refractivity contribution is 0.955. The molecule has 2 rings (SSSR count). The maximum Gasteiger partial charge on any atom is 0.125 e. The fourth-order valence-electron chi connectivity index (χ4n) is 1.78. The first-order chi connectivity index (χ1) is 9.06. The fourth-order valence-corrected chi connectivity index (χ4v) is 2.13. The molecule has 0 bridgehead atoms. The zero-order chi connectivity index (χ0) is 13.8. The van der Waals surface area contributed by atoms with Crippen molar-refractivity contribution in [1.29, 1.82) is 0 Å². The lowest BCUT2D eigenvalue weighted by Gasteiger charge is -2.15. The highest BCUT2D eigenvalue weighted by Gasteiger charge is 2.04. The molecule has 1 aromatic carbocycles. The third-order valence-corrected chi connectivity index (χ3v) is 3.04. The van der Waals surface area contributed by atoms with E-state index >= 15 is 0 Å². The first-order valence-corrected chi connectivity index (χ1v) is 6.43. The molecule has 100 valence electrons. The summed E-state index contributed by atoms with van der Waals surface area (Å²) >= 11 is 6.22. The van der Waals surface area contributed by atoms with Crippen LogP contribution in [-0.2, 0) is 6.54 Å². The van der Waals surface area contributed by atoms with E-state index in [-0.39, 0.29) is 0 Å². The Morgan fingerprint density at radius 2 is 2.05 bits per heavy atom. The van der Waals surface area contributed by atoms with Crippen molar-refractivity contribution in [2.45, 2.75) is 13.5 Å². The second kappa shape index (κ2) is 5.89. The van der Waals surface area contributed by atoms with Crippen LogP contribution in [-0.4, -0.2) is 24.1 Å². The zero-order valence-electron chi connectivity index (χ0n) is 11.3. The minimum Gasteiger partial charge on any atom is -0.379 e. The van der Waals surface area contributed by atoms with Crippen molar-refractivity contribution in [3.8, 4) is 0 Å². The monoisotopic (exact) mass is 276 g/mol. The molecule has 4 nitrogen and oxygen atoms in total. The third-order valence-electron chi connectivity index (χ3n) is 2.74. The Bertz CT molecular complexity index is 569. The number of benzene rings is 1. The van der Waals surface area contributed by atoms with Gasteiger partial charge in [0.05, 0.1) is 22.9 Å². The summed E-state index contributed by atoms with van der Waals surface area (Å²) in [5, 5.41) is 4.03. The van der Waals surface area contributed by atoms with Crippen LogP contribution in [0.25, 0.3) is 0 Å². The van der Waals surface area contributed by atoms with Crippen LogP contribution in [0.4, 0.5) is 11.4 Å². The average molecular weight is 277 g/mol. The summed E-state index contributed by atoms with van der Waals surface area (Å²) in [7, 11) is 3.94. The SMILES string of the molecule is Cc1nccc(CNc2ccc(N(C)C)c(Cl)c2)n1. The zero-order valence-corrected chi connectivity index (χ0v) is 12.1. The molecule has 0 spiro atoms. The van der Waals surface area contributed by atoms with Gasteiger partial charge in [0.15, 0.2) is 0 Å². The topological polar surface area (TPSA) is 41.1 Å². The molecule has 1 aromatic heterocycles. The van der Waals surface area contributed by atoms with E-state index in [1.807, 2.05) is 50.2 Å². The molecule has 1 heterocycles. The molecule has 0 aliphatic heterocycles. The highest BCUT2D eigenvalue weighted by molar-refractivity contribution is 6.33. The van der Waals surface area contributed by atoms with E-state index in [9.17, 15) is 0 Å². The fraction of sp³-hybridized carbons (Fsp3) is 0.286. The van der Waals surface area contributed by atoms with Crippen LogP contribution in [0.15, 0.2) is 30.5 Å². The molecule has 0 unspecified atom stereocenters. The molecule has 5 heteroatoms. The first-order valence-electron chi connectivity index (χ1n) is 6.05. The standard InChI is InChI=1S/C14H17ClN4/c1-10-16-7-6-12(18-10)9-17-11-4-5-14(19(2)3)13(15)8-11/h4-8,17H,9H2,1-3H3. The van der Waals surface area contributed by atoms with E-state index in [0.29, 0.717) is 6.54 Å². The van der Waals surface area contributed by atoms with E-state index in [0.717, 1.165) is 27.9 Å². The van der Waals surface area contributed by atoms with Gasteiger partial charge >= 0.3 is 0 Å². The number of hydrogen-bond donors (Lipinski definition) is 1. The van der Waals surface area contributed by atoms with Gasteiger partial charge in [0, 0.05) is 26.0 Å². The minimum absolute atomic E-state index is 0.654. The Balaban J connectivity index is 2.06. The Morgan fingerprint density at radius 1 is 1.26 bits per heavy atom. The van der Waals surface area contributed by atoms with Crippen LogP contribution in [0, 0.1) is 6.92 Å². The molecule has 0 radical (unpaired) electrons. The van der Waals surface area contributed by atoms with E-state index in [2.05, 4.69) is 15.3 Å². The summed E-state index contributed by atoms with van der Waals surface area (Å²) in [5.41, 5.74) is 2.94. The van der Waals surface area contributed by atoms with Crippen LogP contribution >= 0.6 is 11.6 Å². The maximum atomic E-state index is 6.22. The normalized spacial score (nSPS) is 10.3. The molecule has 0 fully saturated rings. The van der Waals surface area contributed by atoms with Gasteiger partial charge in [-0.3, -0.25) is 0 Å². The summed E-state index contributed by atoms with van der Waals surface area (Å²) in [6.07, 6.45) is 1.77. The lowest BCUT2D eigenvalue weighted by atomic mass is 10.2.